The van der Waals surface area contributed by atoms with Crippen LogP contribution < -0.4 is 5.73 Å². The van der Waals surface area contributed by atoms with Crippen molar-refractivity contribution in [2.75, 3.05) is 0 Å². The molecule has 1 aliphatic rings. The predicted octanol–water partition coefficient (Wildman–Crippen LogP) is 2.89. The second kappa shape index (κ2) is 4.42. The van der Waals surface area contributed by atoms with Crippen molar-refractivity contribution < 1.29 is 0 Å². The fraction of sp³-hybridized carbons (Fsp3) is 0.250. The van der Waals surface area contributed by atoms with E-state index in [4.69, 9.17) is 10.7 Å². The number of imidazole rings is 1. The molecule has 0 atom stereocenters. The van der Waals surface area contributed by atoms with Crippen molar-refractivity contribution in [2.45, 2.75) is 25.4 Å². The number of nitrogens with two attached hydrogens (primary N) is 1. The van der Waals surface area contributed by atoms with Crippen LogP contribution in [0.4, 0.5) is 0 Å². The van der Waals surface area contributed by atoms with Crippen molar-refractivity contribution in [3.8, 4) is 11.4 Å². The normalized spacial score (nSPS) is 14.8. The van der Waals surface area contributed by atoms with Gasteiger partial charge in [-0.2, -0.15) is 0 Å². The van der Waals surface area contributed by atoms with Gasteiger partial charge in [-0.3, -0.25) is 4.98 Å². The van der Waals surface area contributed by atoms with E-state index in [-0.39, 0.29) is 0 Å². The summed E-state index contributed by atoms with van der Waals surface area (Å²) in [7, 11) is 0. The predicted molar refractivity (Wildman–Crippen MR) is 79.1 cm³/mol. The number of aromatic nitrogens is 3. The monoisotopic (exact) mass is 264 g/mol. The Kier molecular flexibility index (Phi) is 2.57. The molecule has 2 N–H and O–H groups in total. The zero-order valence-electron chi connectivity index (χ0n) is 11.2. The summed E-state index contributed by atoms with van der Waals surface area (Å²) in [6, 6.07) is 13.0. The van der Waals surface area contributed by atoms with Crippen molar-refractivity contribution >= 4 is 11.0 Å². The van der Waals surface area contributed by atoms with E-state index >= 15 is 0 Å². The van der Waals surface area contributed by atoms with Crippen molar-refractivity contribution in [2.24, 2.45) is 5.73 Å². The van der Waals surface area contributed by atoms with Crippen LogP contribution in [0, 0.1) is 0 Å². The fourth-order valence-corrected chi connectivity index (χ4v) is 2.68. The molecule has 0 saturated heterocycles. The lowest BCUT2D eigenvalue weighted by atomic mass is 10.2. The molecule has 3 aromatic rings. The van der Waals surface area contributed by atoms with Gasteiger partial charge >= 0.3 is 0 Å². The Labute approximate surface area is 117 Å². The van der Waals surface area contributed by atoms with E-state index < -0.39 is 0 Å². The standard InChI is InChI=1S/C16H16N4/c17-10-12-9-11(7-8-18-12)16-19-14-3-1-2-4-15(14)20(16)13-5-6-13/h1-4,7-9,13H,5-6,10,17H2. The van der Waals surface area contributed by atoms with E-state index in [9.17, 15) is 0 Å². The largest absolute Gasteiger partial charge is 0.325 e. The summed E-state index contributed by atoms with van der Waals surface area (Å²) in [5.74, 6) is 1.03. The zero-order valence-corrected chi connectivity index (χ0v) is 11.2. The number of pyridine rings is 1. The number of benzene rings is 1. The second-order valence-electron chi connectivity index (χ2n) is 5.27. The van der Waals surface area contributed by atoms with Crippen LogP contribution in [0.2, 0.25) is 0 Å². The minimum atomic E-state index is 0.456. The number of para-hydroxylation sites is 2. The molecule has 0 aliphatic heterocycles. The van der Waals surface area contributed by atoms with E-state index in [1.165, 1.54) is 18.4 Å². The van der Waals surface area contributed by atoms with Crippen LogP contribution in [0.3, 0.4) is 0 Å². The Bertz CT molecular complexity index is 771. The highest BCUT2D eigenvalue weighted by molar-refractivity contribution is 5.81. The lowest BCUT2D eigenvalue weighted by Crippen LogP contribution is -2.01. The van der Waals surface area contributed by atoms with Gasteiger partial charge in [0.25, 0.3) is 0 Å². The molecule has 2 heterocycles. The van der Waals surface area contributed by atoms with E-state index in [1.54, 1.807) is 0 Å². The first-order chi connectivity index (χ1) is 9.86. The number of rotatable bonds is 3. The van der Waals surface area contributed by atoms with Crippen molar-refractivity contribution in [1.82, 2.24) is 14.5 Å². The molecule has 4 rings (SSSR count). The summed E-state index contributed by atoms with van der Waals surface area (Å²) in [5, 5.41) is 0. The maximum atomic E-state index is 5.69. The van der Waals surface area contributed by atoms with Crippen molar-refractivity contribution in [3.05, 3.63) is 48.3 Å². The summed E-state index contributed by atoms with van der Waals surface area (Å²) in [6.07, 6.45) is 4.29. The van der Waals surface area contributed by atoms with Crippen LogP contribution in [0.15, 0.2) is 42.6 Å². The average Bonchev–Trinajstić information content (AvgIpc) is 3.27. The molecule has 4 nitrogen and oxygen atoms in total. The molecule has 1 saturated carbocycles. The quantitative estimate of drug-likeness (QED) is 0.791. The third-order valence-electron chi connectivity index (χ3n) is 3.79. The first-order valence-corrected chi connectivity index (χ1v) is 6.99. The van der Waals surface area contributed by atoms with Crippen LogP contribution in [-0.4, -0.2) is 14.5 Å². The van der Waals surface area contributed by atoms with Crippen LogP contribution in [0.1, 0.15) is 24.6 Å². The number of fused-ring (bicyclic) bond motifs is 1. The summed E-state index contributed by atoms with van der Waals surface area (Å²) in [5.41, 5.74) is 9.97. The molecule has 20 heavy (non-hydrogen) atoms. The van der Waals surface area contributed by atoms with Crippen LogP contribution in [-0.2, 0) is 6.54 Å². The first-order valence-electron chi connectivity index (χ1n) is 6.99. The van der Waals surface area contributed by atoms with Gasteiger partial charge in [-0.25, -0.2) is 4.98 Å². The van der Waals surface area contributed by atoms with Crippen molar-refractivity contribution in [1.29, 1.82) is 0 Å². The summed E-state index contributed by atoms with van der Waals surface area (Å²) >= 11 is 0. The van der Waals surface area contributed by atoms with Crippen molar-refractivity contribution in [3.63, 3.8) is 0 Å². The SMILES string of the molecule is NCc1cc(-c2nc3ccccc3n2C2CC2)ccn1. The first kappa shape index (κ1) is 11.6. The number of nitrogens with zero attached hydrogens (tertiary/aromatic N) is 3. The Hall–Kier alpha value is -2.20. The highest BCUT2D eigenvalue weighted by Gasteiger charge is 2.28. The van der Waals surface area contributed by atoms with Gasteiger partial charge in [0.2, 0.25) is 0 Å². The van der Waals surface area contributed by atoms with Gasteiger partial charge in [0.1, 0.15) is 5.82 Å². The summed E-state index contributed by atoms with van der Waals surface area (Å²) < 4.78 is 2.37. The molecule has 1 aliphatic carbocycles. The number of hydrogen-bond acceptors (Lipinski definition) is 3. The van der Waals surface area contributed by atoms with Gasteiger partial charge in [-0.15, -0.1) is 0 Å². The maximum absolute atomic E-state index is 5.69. The molecule has 4 heteroatoms. The van der Waals surface area contributed by atoms with Gasteiger partial charge in [-0.1, -0.05) is 12.1 Å². The van der Waals surface area contributed by atoms with E-state index in [2.05, 4.69) is 27.8 Å². The smallest absolute Gasteiger partial charge is 0.141 e. The molecule has 0 radical (unpaired) electrons. The van der Waals surface area contributed by atoms with Crippen LogP contribution in [0.5, 0.6) is 0 Å². The van der Waals surface area contributed by atoms with Gasteiger partial charge in [0.05, 0.1) is 16.7 Å². The van der Waals surface area contributed by atoms with Gasteiger partial charge in [0.15, 0.2) is 0 Å². The minimum Gasteiger partial charge on any atom is -0.325 e. The Morgan fingerprint density at radius 2 is 2.05 bits per heavy atom. The molecule has 0 amide bonds. The Morgan fingerprint density at radius 3 is 2.85 bits per heavy atom. The molecule has 100 valence electrons. The third kappa shape index (κ3) is 1.80. The molecule has 2 aromatic heterocycles. The molecule has 1 aromatic carbocycles. The molecule has 0 bridgehead atoms. The van der Waals surface area contributed by atoms with Crippen LogP contribution >= 0.6 is 0 Å². The Balaban J connectivity index is 1.96. The van der Waals surface area contributed by atoms with Gasteiger partial charge in [0, 0.05) is 24.3 Å². The van der Waals surface area contributed by atoms with E-state index in [0.29, 0.717) is 12.6 Å². The highest BCUT2D eigenvalue weighted by Crippen LogP contribution is 2.41. The topological polar surface area (TPSA) is 56.7 Å². The highest BCUT2D eigenvalue weighted by atomic mass is 15.1. The summed E-state index contributed by atoms with van der Waals surface area (Å²) in [4.78, 5) is 9.08. The Morgan fingerprint density at radius 1 is 1.20 bits per heavy atom. The van der Waals surface area contributed by atoms with Crippen LogP contribution in [0.25, 0.3) is 22.4 Å². The van der Waals surface area contributed by atoms with E-state index in [0.717, 1.165) is 22.6 Å². The minimum absolute atomic E-state index is 0.456. The number of hydrogen-bond donors (Lipinski definition) is 1. The second-order valence-corrected chi connectivity index (χ2v) is 5.27. The van der Waals surface area contributed by atoms with E-state index in [1.807, 2.05) is 24.4 Å². The molecule has 0 spiro atoms. The third-order valence-corrected chi connectivity index (χ3v) is 3.79. The summed E-state index contributed by atoms with van der Waals surface area (Å²) in [6.45, 7) is 0.456. The zero-order chi connectivity index (χ0) is 13.5. The average molecular weight is 264 g/mol. The molecular formula is C16H16N4. The molecule has 1 fully saturated rings. The van der Waals surface area contributed by atoms with Gasteiger partial charge in [-0.05, 0) is 37.1 Å². The lowest BCUT2D eigenvalue weighted by molar-refractivity contribution is 0.774. The fourth-order valence-electron chi connectivity index (χ4n) is 2.68. The molecule has 0 unspecified atom stereocenters. The molecular weight excluding hydrogens is 248 g/mol. The lowest BCUT2D eigenvalue weighted by Gasteiger charge is -2.08. The van der Waals surface area contributed by atoms with Gasteiger partial charge < -0.3 is 10.3 Å². The maximum Gasteiger partial charge on any atom is 0.141 e.